The molecule has 1 aliphatic heterocycles. The predicted molar refractivity (Wildman–Crippen MR) is 66.1 cm³/mol. The second-order valence-electron chi connectivity index (χ2n) is 4.10. The van der Waals surface area contributed by atoms with E-state index in [4.69, 9.17) is 9.47 Å². The highest BCUT2D eigenvalue weighted by molar-refractivity contribution is 5.93. The Morgan fingerprint density at radius 2 is 2.21 bits per heavy atom. The summed E-state index contributed by atoms with van der Waals surface area (Å²) in [5, 5.41) is 9.04. The van der Waals surface area contributed by atoms with Crippen LogP contribution in [0.2, 0.25) is 0 Å². The lowest BCUT2D eigenvalue weighted by atomic mass is 10.2. The number of fused-ring (bicyclic) bond motifs is 1. The Kier molecular flexibility index (Phi) is 2.79. The van der Waals surface area contributed by atoms with Crippen LogP contribution in [0.15, 0.2) is 24.3 Å². The van der Waals surface area contributed by atoms with Gasteiger partial charge in [0, 0.05) is 0 Å². The van der Waals surface area contributed by atoms with E-state index >= 15 is 0 Å². The Morgan fingerprint density at radius 3 is 2.95 bits per heavy atom. The topological polar surface area (TPSA) is 89.1 Å². The van der Waals surface area contributed by atoms with Gasteiger partial charge in [-0.05, 0) is 19.1 Å². The smallest absolute Gasteiger partial charge is 0.271 e. The first-order valence-corrected chi connectivity index (χ1v) is 5.81. The standard InChI is InChI=1S/C12H12N4O3/c1-7-13-12(16-15-7)14-11(17)10-6-18-8-4-2-3-5-9(8)19-10/h2-5,10H,6H2,1H3,(H2,13,14,15,16,17). The molecule has 98 valence electrons. The molecule has 2 N–H and O–H groups in total. The first-order valence-electron chi connectivity index (χ1n) is 5.81. The maximum absolute atomic E-state index is 12.0. The molecule has 1 aromatic heterocycles. The predicted octanol–water partition coefficient (Wildman–Crippen LogP) is 0.892. The van der Waals surface area contributed by atoms with Gasteiger partial charge in [0.2, 0.25) is 12.1 Å². The van der Waals surface area contributed by atoms with Gasteiger partial charge in [-0.1, -0.05) is 12.1 Å². The van der Waals surface area contributed by atoms with Crippen LogP contribution < -0.4 is 14.8 Å². The number of hydrogen-bond donors (Lipinski definition) is 2. The van der Waals surface area contributed by atoms with E-state index in [0.717, 1.165) is 0 Å². The van der Waals surface area contributed by atoms with Crippen LogP contribution in [0.4, 0.5) is 5.95 Å². The lowest BCUT2D eigenvalue weighted by Crippen LogP contribution is -2.40. The highest BCUT2D eigenvalue weighted by Crippen LogP contribution is 2.30. The molecule has 2 aromatic rings. The molecule has 1 aliphatic rings. The molecule has 1 amide bonds. The molecule has 0 spiro atoms. The summed E-state index contributed by atoms with van der Waals surface area (Å²) >= 11 is 0. The number of para-hydroxylation sites is 2. The molecular weight excluding hydrogens is 248 g/mol. The molecule has 0 saturated carbocycles. The molecular formula is C12H12N4O3. The van der Waals surface area contributed by atoms with Crippen molar-refractivity contribution >= 4 is 11.9 Å². The average Bonchev–Trinajstić information content (AvgIpc) is 2.83. The van der Waals surface area contributed by atoms with E-state index in [1.807, 2.05) is 12.1 Å². The highest BCUT2D eigenvalue weighted by atomic mass is 16.6. The van der Waals surface area contributed by atoms with Crippen molar-refractivity contribution in [3.8, 4) is 11.5 Å². The van der Waals surface area contributed by atoms with E-state index in [1.165, 1.54) is 0 Å². The van der Waals surface area contributed by atoms with Crippen molar-refractivity contribution in [3.05, 3.63) is 30.1 Å². The molecule has 3 rings (SSSR count). The number of benzene rings is 1. The van der Waals surface area contributed by atoms with Crippen LogP contribution in [0, 0.1) is 6.92 Å². The zero-order chi connectivity index (χ0) is 13.2. The minimum absolute atomic E-state index is 0.159. The number of anilines is 1. The number of ether oxygens (including phenoxy) is 2. The van der Waals surface area contributed by atoms with E-state index in [9.17, 15) is 4.79 Å². The van der Waals surface area contributed by atoms with Gasteiger partial charge in [-0.3, -0.25) is 15.2 Å². The molecule has 0 aliphatic carbocycles. The molecule has 19 heavy (non-hydrogen) atoms. The Bertz CT molecular complexity index is 611. The van der Waals surface area contributed by atoms with Gasteiger partial charge in [0.25, 0.3) is 5.91 Å². The number of amides is 1. The number of rotatable bonds is 2. The second kappa shape index (κ2) is 4.60. The van der Waals surface area contributed by atoms with Crippen LogP contribution in [-0.4, -0.2) is 33.8 Å². The summed E-state index contributed by atoms with van der Waals surface area (Å²) in [4.78, 5) is 16.0. The number of nitrogens with one attached hydrogen (secondary N) is 2. The summed E-state index contributed by atoms with van der Waals surface area (Å²) in [5.74, 6) is 1.71. The minimum atomic E-state index is -0.714. The molecule has 0 bridgehead atoms. The zero-order valence-electron chi connectivity index (χ0n) is 10.2. The zero-order valence-corrected chi connectivity index (χ0v) is 10.2. The Balaban J connectivity index is 1.69. The largest absolute Gasteiger partial charge is 0.485 e. The lowest BCUT2D eigenvalue weighted by Gasteiger charge is -2.25. The fourth-order valence-corrected chi connectivity index (χ4v) is 1.74. The fraction of sp³-hybridized carbons (Fsp3) is 0.250. The van der Waals surface area contributed by atoms with E-state index in [2.05, 4.69) is 20.5 Å². The lowest BCUT2D eigenvalue weighted by molar-refractivity contribution is -0.125. The van der Waals surface area contributed by atoms with Gasteiger partial charge in [0.05, 0.1) is 0 Å². The molecule has 7 nitrogen and oxygen atoms in total. The van der Waals surface area contributed by atoms with Gasteiger partial charge >= 0.3 is 0 Å². The summed E-state index contributed by atoms with van der Waals surface area (Å²) in [6.07, 6.45) is -0.714. The minimum Gasteiger partial charge on any atom is -0.485 e. The van der Waals surface area contributed by atoms with Crippen molar-refractivity contribution in [1.82, 2.24) is 15.2 Å². The summed E-state index contributed by atoms with van der Waals surface area (Å²) < 4.78 is 11.0. The SMILES string of the molecule is Cc1nc(NC(=O)C2COc3ccccc3O2)n[nH]1. The molecule has 0 saturated heterocycles. The van der Waals surface area contributed by atoms with Gasteiger partial charge in [-0.2, -0.15) is 4.98 Å². The van der Waals surface area contributed by atoms with E-state index < -0.39 is 6.10 Å². The van der Waals surface area contributed by atoms with Gasteiger partial charge in [-0.25, -0.2) is 0 Å². The number of aromatic nitrogens is 3. The molecule has 1 aromatic carbocycles. The summed E-state index contributed by atoms with van der Waals surface area (Å²) in [5.41, 5.74) is 0. The monoisotopic (exact) mass is 260 g/mol. The first-order chi connectivity index (χ1) is 9.22. The number of hydrogen-bond acceptors (Lipinski definition) is 5. The van der Waals surface area contributed by atoms with E-state index in [1.54, 1.807) is 19.1 Å². The van der Waals surface area contributed by atoms with Gasteiger partial charge < -0.3 is 9.47 Å². The van der Waals surface area contributed by atoms with Crippen molar-refractivity contribution in [1.29, 1.82) is 0 Å². The highest BCUT2D eigenvalue weighted by Gasteiger charge is 2.27. The van der Waals surface area contributed by atoms with Crippen molar-refractivity contribution in [2.75, 3.05) is 11.9 Å². The first kappa shape index (κ1) is 11.5. The van der Waals surface area contributed by atoms with Crippen molar-refractivity contribution < 1.29 is 14.3 Å². The number of carbonyl (C=O) groups is 1. The van der Waals surface area contributed by atoms with Crippen LogP contribution in [0.5, 0.6) is 11.5 Å². The van der Waals surface area contributed by atoms with Crippen LogP contribution in [0.1, 0.15) is 5.82 Å². The van der Waals surface area contributed by atoms with Crippen LogP contribution in [0.3, 0.4) is 0 Å². The summed E-state index contributed by atoms with van der Waals surface area (Å²) in [6, 6.07) is 7.22. The molecule has 7 heteroatoms. The Morgan fingerprint density at radius 1 is 1.42 bits per heavy atom. The molecule has 0 fully saturated rings. The van der Waals surface area contributed by atoms with Gasteiger partial charge in [0.1, 0.15) is 12.4 Å². The van der Waals surface area contributed by atoms with E-state index in [-0.39, 0.29) is 18.5 Å². The summed E-state index contributed by atoms with van der Waals surface area (Å²) in [6.45, 7) is 1.91. The summed E-state index contributed by atoms with van der Waals surface area (Å²) in [7, 11) is 0. The fourth-order valence-electron chi connectivity index (χ4n) is 1.74. The van der Waals surface area contributed by atoms with Gasteiger partial charge in [-0.15, -0.1) is 5.10 Å². The molecule has 1 unspecified atom stereocenters. The molecule has 1 atom stereocenters. The third-order valence-electron chi connectivity index (χ3n) is 2.63. The van der Waals surface area contributed by atoms with Crippen LogP contribution in [0.25, 0.3) is 0 Å². The normalized spacial score (nSPS) is 17.0. The number of H-pyrrole nitrogens is 1. The quantitative estimate of drug-likeness (QED) is 0.837. The van der Waals surface area contributed by atoms with Crippen LogP contribution in [-0.2, 0) is 4.79 Å². The van der Waals surface area contributed by atoms with Gasteiger partial charge in [0.15, 0.2) is 11.5 Å². The third kappa shape index (κ3) is 2.35. The Hall–Kier alpha value is -2.57. The van der Waals surface area contributed by atoms with Crippen molar-refractivity contribution in [2.24, 2.45) is 0 Å². The molecule has 2 heterocycles. The number of aromatic amines is 1. The molecule has 0 radical (unpaired) electrons. The van der Waals surface area contributed by atoms with Crippen molar-refractivity contribution in [3.63, 3.8) is 0 Å². The number of aryl methyl sites for hydroxylation is 1. The third-order valence-corrected chi connectivity index (χ3v) is 2.63. The van der Waals surface area contributed by atoms with E-state index in [0.29, 0.717) is 17.3 Å². The second-order valence-corrected chi connectivity index (χ2v) is 4.10. The Labute approximate surface area is 108 Å². The van der Waals surface area contributed by atoms with Crippen molar-refractivity contribution in [2.45, 2.75) is 13.0 Å². The maximum atomic E-state index is 12.0. The maximum Gasteiger partial charge on any atom is 0.271 e. The van der Waals surface area contributed by atoms with Crippen LogP contribution >= 0.6 is 0 Å². The number of nitrogens with zero attached hydrogens (tertiary/aromatic N) is 2. The number of carbonyl (C=O) groups excluding carboxylic acids is 1. The average molecular weight is 260 g/mol.